The van der Waals surface area contributed by atoms with E-state index in [1.54, 1.807) is 12.1 Å². The number of carbonyl (C=O) groups is 1. The van der Waals surface area contributed by atoms with Gasteiger partial charge in [0.1, 0.15) is 11.3 Å². The van der Waals surface area contributed by atoms with Crippen LogP contribution in [-0.4, -0.2) is 16.2 Å². The van der Waals surface area contributed by atoms with E-state index in [2.05, 4.69) is 0 Å². The second-order valence-corrected chi connectivity index (χ2v) is 1.82. The molecule has 0 bridgehead atoms. The first-order valence-corrected chi connectivity index (χ1v) is 2.73. The van der Waals surface area contributed by atoms with E-state index in [4.69, 9.17) is 10.2 Å². The fourth-order valence-electron chi connectivity index (χ4n) is 0.654. The summed E-state index contributed by atoms with van der Waals surface area (Å²) >= 11 is 0. The molecule has 1 rings (SSSR count). The minimum Gasteiger partial charge on any atom is -0.507 e. The summed E-state index contributed by atoms with van der Waals surface area (Å²) in [4.78, 5) is 10.3. The summed E-state index contributed by atoms with van der Waals surface area (Å²) in [5.74, 6) is -1.31. The molecule has 0 aromatic heterocycles. The van der Waals surface area contributed by atoms with Crippen molar-refractivity contribution in [3.8, 4) is 5.75 Å². The van der Waals surface area contributed by atoms with Crippen LogP contribution in [0.4, 0.5) is 0 Å². The number of aromatic hydroxyl groups is 1. The van der Waals surface area contributed by atoms with Gasteiger partial charge in [0.15, 0.2) is 0 Å². The maximum absolute atomic E-state index is 10.3. The maximum atomic E-state index is 10.3. The fraction of sp³-hybridized carbons (Fsp3) is 0. The average molecular weight is 140 g/mol. The quantitative estimate of drug-likeness (QED) is 0.618. The van der Waals surface area contributed by atoms with E-state index in [9.17, 15) is 4.79 Å². The molecule has 0 aliphatic carbocycles. The third-order valence-electron chi connectivity index (χ3n) is 1.13. The van der Waals surface area contributed by atoms with Crippen LogP contribution in [0.25, 0.3) is 0 Å². The number of aromatic carboxylic acids is 1. The van der Waals surface area contributed by atoms with Crippen LogP contribution in [0.5, 0.6) is 5.75 Å². The van der Waals surface area contributed by atoms with E-state index in [1.165, 1.54) is 12.1 Å². The van der Waals surface area contributed by atoms with Gasteiger partial charge in [-0.25, -0.2) is 4.79 Å². The Hall–Kier alpha value is -1.51. The van der Waals surface area contributed by atoms with Gasteiger partial charge < -0.3 is 10.2 Å². The highest BCUT2D eigenvalue weighted by molar-refractivity contribution is 5.90. The summed E-state index contributed by atoms with van der Waals surface area (Å²) in [6.07, 6.45) is 0. The molecule has 0 unspecified atom stereocenters. The Labute approximate surface area is 59.0 Å². The minimum absolute atomic E-state index is 0. The molecule has 0 spiro atoms. The van der Waals surface area contributed by atoms with Gasteiger partial charge in [0.2, 0.25) is 0 Å². The molecule has 2 N–H and O–H groups in total. The molecule has 0 heterocycles. The van der Waals surface area contributed by atoms with E-state index in [-0.39, 0.29) is 12.7 Å². The van der Waals surface area contributed by atoms with E-state index in [0.717, 1.165) is 0 Å². The monoisotopic (exact) mass is 140 g/mol. The van der Waals surface area contributed by atoms with Crippen LogP contribution in [0.15, 0.2) is 24.3 Å². The van der Waals surface area contributed by atoms with Crippen LogP contribution in [0.2, 0.25) is 0 Å². The van der Waals surface area contributed by atoms with Crippen molar-refractivity contribution >= 4 is 5.97 Å². The molecule has 10 heavy (non-hydrogen) atoms. The topological polar surface area (TPSA) is 57.5 Å². The van der Waals surface area contributed by atoms with Crippen LogP contribution in [0, 0.1) is 0 Å². The highest BCUT2D eigenvalue weighted by atomic mass is 16.4. The van der Waals surface area contributed by atoms with E-state index in [0.29, 0.717) is 0 Å². The van der Waals surface area contributed by atoms with Crippen molar-refractivity contribution in [2.45, 2.75) is 0 Å². The molecule has 3 nitrogen and oxygen atoms in total. The first-order chi connectivity index (χ1) is 4.72. The number of phenols is 1. The smallest absolute Gasteiger partial charge is 0.339 e. The Morgan fingerprint density at radius 3 is 2.40 bits per heavy atom. The number of para-hydroxylation sites is 1. The lowest BCUT2D eigenvalue weighted by Gasteiger charge is -1.95. The lowest BCUT2D eigenvalue weighted by Crippen LogP contribution is -1.95. The summed E-state index contributed by atoms with van der Waals surface area (Å²) in [7, 11) is 0. The fourth-order valence-corrected chi connectivity index (χ4v) is 0.654. The zero-order chi connectivity index (χ0) is 7.56. The Morgan fingerprint density at radius 1 is 1.40 bits per heavy atom. The van der Waals surface area contributed by atoms with Crippen molar-refractivity contribution in [3.63, 3.8) is 0 Å². The summed E-state index contributed by atoms with van der Waals surface area (Å²) in [5, 5.41) is 17.3. The van der Waals surface area contributed by atoms with Crippen LogP contribution in [-0.2, 0) is 0 Å². The Balaban J connectivity index is 0.000001000. The molecule has 0 aliphatic heterocycles. The minimum atomic E-state index is -1.11. The standard InChI is InChI=1S/C7H6O3.H2/c8-6-4-2-1-3-5(6)7(9)10;/h1-4,8H,(H,9,10);1H. The van der Waals surface area contributed by atoms with Crippen molar-refractivity contribution in [2.24, 2.45) is 0 Å². The molecular formula is C7H8O3. The number of hydrogen-bond acceptors (Lipinski definition) is 2. The van der Waals surface area contributed by atoms with Gasteiger partial charge in [-0.3, -0.25) is 0 Å². The number of carboxylic acids is 1. The number of benzene rings is 1. The molecule has 3 heteroatoms. The van der Waals surface area contributed by atoms with Gasteiger partial charge >= 0.3 is 5.97 Å². The van der Waals surface area contributed by atoms with Crippen LogP contribution >= 0.6 is 0 Å². The van der Waals surface area contributed by atoms with Crippen LogP contribution < -0.4 is 0 Å². The van der Waals surface area contributed by atoms with Gasteiger partial charge in [0, 0.05) is 1.43 Å². The summed E-state index contributed by atoms with van der Waals surface area (Å²) < 4.78 is 0. The lowest BCUT2D eigenvalue weighted by molar-refractivity contribution is 0.0694. The molecule has 0 saturated heterocycles. The highest BCUT2D eigenvalue weighted by Crippen LogP contribution is 2.14. The van der Waals surface area contributed by atoms with Crippen molar-refractivity contribution in [3.05, 3.63) is 29.8 Å². The molecule has 1 aromatic carbocycles. The van der Waals surface area contributed by atoms with Crippen LogP contribution in [0.3, 0.4) is 0 Å². The third kappa shape index (κ3) is 1.07. The molecule has 1 aromatic rings. The molecule has 0 radical (unpaired) electrons. The van der Waals surface area contributed by atoms with E-state index >= 15 is 0 Å². The van der Waals surface area contributed by atoms with Crippen LogP contribution in [0.1, 0.15) is 11.8 Å². The molecule has 0 fully saturated rings. The van der Waals surface area contributed by atoms with Gasteiger partial charge in [-0.2, -0.15) is 0 Å². The highest BCUT2D eigenvalue weighted by Gasteiger charge is 2.05. The van der Waals surface area contributed by atoms with E-state index < -0.39 is 5.97 Å². The van der Waals surface area contributed by atoms with E-state index in [1.807, 2.05) is 0 Å². The zero-order valence-corrected chi connectivity index (χ0v) is 5.11. The Morgan fingerprint density at radius 2 is 2.00 bits per heavy atom. The number of carboxylic acid groups (broad SMARTS) is 1. The SMILES string of the molecule is O=C(O)c1ccccc1O.[HH]. The van der Waals surface area contributed by atoms with Gasteiger partial charge in [-0.1, -0.05) is 12.1 Å². The maximum Gasteiger partial charge on any atom is 0.339 e. The first-order valence-electron chi connectivity index (χ1n) is 2.73. The van der Waals surface area contributed by atoms with Gasteiger partial charge in [0.25, 0.3) is 0 Å². The predicted octanol–water partition coefficient (Wildman–Crippen LogP) is 1.34. The largest absolute Gasteiger partial charge is 0.507 e. The van der Waals surface area contributed by atoms with Crippen molar-refractivity contribution in [2.75, 3.05) is 0 Å². The first kappa shape index (κ1) is 6.61. The zero-order valence-electron chi connectivity index (χ0n) is 5.11. The molecular weight excluding hydrogens is 132 g/mol. The van der Waals surface area contributed by atoms with Crippen molar-refractivity contribution < 1.29 is 16.4 Å². The molecule has 0 atom stereocenters. The summed E-state index contributed by atoms with van der Waals surface area (Å²) in [6, 6.07) is 5.81. The molecule has 0 aliphatic rings. The summed E-state index contributed by atoms with van der Waals surface area (Å²) in [6.45, 7) is 0. The Kier molecular flexibility index (Phi) is 1.58. The van der Waals surface area contributed by atoms with Gasteiger partial charge in [-0.05, 0) is 12.1 Å². The average Bonchev–Trinajstić information content (AvgIpc) is 1.88. The van der Waals surface area contributed by atoms with Gasteiger partial charge in [-0.15, -0.1) is 0 Å². The molecule has 54 valence electrons. The predicted molar refractivity (Wildman–Crippen MR) is 37.2 cm³/mol. The van der Waals surface area contributed by atoms with Crippen molar-refractivity contribution in [1.29, 1.82) is 0 Å². The summed E-state index contributed by atoms with van der Waals surface area (Å²) in [5.41, 5.74) is -0.0671. The number of hydrogen-bond donors (Lipinski definition) is 2. The van der Waals surface area contributed by atoms with Crippen molar-refractivity contribution in [1.82, 2.24) is 0 Å². The Bertz CT molecular complexity index is 260. The number of rotatable bonds is 1. The molecule has 0 saturated carbocycles. The second kappa shape index (κ2) is 2.39. The third-order valence-corrected chi connectivity index (χ3v) is 1.13. The lowest BCUT2D eigenvalue weighted by atomic mass is 10.2. The van der Waals surface area contributed by atoms with Gasteiger partial charge in [0.05, 0.1) is 0 Å². The second-order valence-electron chi connectivity index (χ2n) is 1.82. The molecule has 0 amide bonds. The normalized spacial score (nSPS) is 9.20.